The standard InChI is InChI=1S/C16H28N2O3/c1-6-18(14-8-9-15(17)13(3)12-14)16(4,20-7-2)21-11-10-19-5/h8-9,12H,6-7,10-11,17H2,1-5H3. The minimum absolute atomic E-state index is 0.470. The summed E-state index contributed by atoms with van der Waals surface area (Å²) in [7, 11) is 1.66. The number of hydrogen-bond donors (Lipinski definition) is 1. The van der Waals surface area contributed by atoms with Crippen molar-refractivity contribution in [3.05, 3.63) is 23.8 Å². The summed E-state index contributed by atoms with van der Waals surface area (Å²) in [5.74, 6) is -0.829. The van der Waals surface area contributed by atoms with Crippen LogP contribution in [0.25, 0.3) is 0 Å². The molecule has 120 valence electrons. The zero-order valence-electron chi connectivity index (χ0n) is 13.8. The van der Waals surface area contributed by atoms with E-state index in [4.69, 9.17) is 19.9 Å². The van der Waals surface area contributed by atoms with Gasteiger partial charge in [-0.05, 0) is 44.5 Å². The SMILES string of the molecule is CCOC(C)(OCCOC)N(CC)c1ccc(N)c(C)c1. The van der Waals surface area contributed by atoms with Gasteiger partial charge in [0, 0.05) is 38.6 Å². The summed E-state index contributed by atoms with van der Waals surface area (Å²) < 4.78 is 16.9. The van der Waals surface area contributed by atoms with E-state index in [0.29, 0.717) is 19.8 Å². The Balaban J connectivity index is 3.02. The predicted octanol–water partition coefficient (Wildman–Crippen LogP) is 2.78. The normalized spacial score (nSPS) is 14.0. The molecular formula is C16H28N2O3. The van der Waals surface area contributed by atoms with Gasteiger partial charge in [0.15, 0.2) is 0 Å². The lowest BCUT2D eigenvalue weighted by Gasteiger charge is -2.41. The number of nitrogens with zero attached hydrogens (tertiary/aromatic N) is 1. The molecule has 0 aliphatic rings. The van der Waals surface area contributed by atoms with E-state index in [0.717, 1.165) is 23.5 Å². The van der Waals surface area contributed by atoms with Crippen LogP contribution in [-0.2, 0) is 14.2 Å². The molecule has 1 aromatic carbocycles. The van der Waals surface area contributed by atoms with Crippen LogP contribution in [0.3, 0.4) is 0 Å². The van der Waals surface area contributed by atoms with Gasteiger partial charge in [-0.1, -0.05) is 0 Å². The van der Waals surface area contributed by atoms with Crippen molar-refractivity contribution >= 4 is 11.4 Å². The minimum Gasteiger partial charge on any atom is -0.399 e. The lowest BCUT2D eigenvalue weighted by atomic mass is 10.1. The fourth-order valence-electron chi connectivity index (χ4n) is 2.31. The highest BCUT2D eigenvalue weighted by molar-refractivity contribution is 5.58. The van der Waals surface area contributed by atoms with Crippen molar-refractivity contribution in [1.29, 1.82) is 0 Å². The maximum atomic E-state index is 5.94. The first kappa shape index (κ1) is 17.8. The fraction of sp³-hybridized carbons (Fsp3) is 0.625. The van der Waals surface area contributed by atoms with E-state index in [9.17, 15) is 0 Å². The summed E-state index contributed by atoms with van der Waals surface area (Å²) in [4.78, 5) is 2.08. The van der Waals surface area contributed by atoms with Crippen LogP contribution in [0.1, 0.15) is 26.3 Å². The van der Waals surface area contributed by atoms with E-state index in [2.05, 4.69) is 17.9 Å². The van der Waals surface area contributed by atoms with Gasteiger partial charge < -0.3 is 24.8 Å². The summed E-state index contributed by atoms with van der Waals surface area (Å²) in [5, 5.41) is 0. The second-order valence-electron chi connectivity index (χ2n) is 4.96. The number of aryl methyl sites for hydroxylation is 1. The van der Waals surface area contributed by atoms with E-state index < -0.39 is 5.91 Å². The molecule has 5 heteroatoms. The van der Waals surface area contributed by atoms with E-state index >= 15 is 0 Å². The Morgan fingerprint density at radius 2 is 1.90 bits per heavy atom. The number of benzene rings is 1. The van der Waals surface area contributed by atoms with Gasteiger partial charge >= 0.3 is 0 Å². The molecule has 1 aromatic rings. The van der Waals surface area contributed by atoms with Gasteiger partial charge in [0.05, 0.1) is 13.2 Å². The van der Waals surface area contributed by atoms with Crippen LogP contribution < -0.4 is 10.6 Å². The Morgan fingerprint density at radius 3 is 2.43 bits per heavy atom. The molecule has 1 rings (SSSR count). The van der Waals surface area contributed by atoms with Gasteiger partial charge in [0.25, 0.3) is 0 Å². The maximum absolute atomic E-state index is 5.94. The number of ether oxygens (including phenoxy) is 3. The van der Waals surface area contributed by atoms with Gasteiger partial charge in [0.2, 0.25) is 5.91 Å². The lowest BCUT2D eigenvalue weighted by Crippen LogP contribution is -2.51. The van der Waals surface area contributed by atoms with Gasteiger partial charge in [-0.15, -0.1) is 0 Å². The Morgan fingerprint density at radius 1 is 1.19 bits per heavy atom. The molecule has 0 saturated heterocycles. The third-order valence-corrected chi connectivity index (χ3v) is 3.44. The Kier molecular flexibility index (Phi) is 6.95. The van der Waals surface area contributed by atoms with Crippen molar-refractivity contribution < 1.29 is 14.2 Å². The van der Waals surface area contributed by atoms with Crippen molar-refractivity contribution in [1.82, 2.24) is 0 Å². The summed E-state index contributed by atoms with van der Waals surface area (Å²) in [6.07, 6.45) is 0. The molecule has 0 heterocycles. The number of nitrogen functional groups attached to an aromatic ring is 1. The van der Waals surface area contributed by atoms with E-state index in [1.165, 1.54) is 0 Å². The molecule has 0 amide bonds. The van der Waals surface area contributed by atoms with Crippen LogP contribution in [0.15, 0.2) is 18.2 Å². The molecule has 5 nitrogen and oxygen atoms in total. The van der Waals surface area contributed by atoms with E-state index in [1.807, 2.05) is 32.9 Å². The molecule has 0 saturated carbocycles. The van der Waals surface area contributed by atoms with E-state index in [-0.39, 0.29) is 0 Å². The number of methoxy groups -OCH3 is 1. The molecular weight excluding hydrogens is 268 g/mol. The molecule has 0 aliphatic carbocycles. The highest BCUT2D eigenvalue weighted by Gasteiger charge is 2.33. The van der Waals surface area contributed by atoms with Gasteiger partial charge in [-0.3, -0.25) is 0 Å². The molecule has 0 aliphatic heterocycles. The van der Waals surface area contributed by atoms with Gasteiger partial charge in [-0.2, -0.15) is 0 Å². The molecule has 1 unspecified atom stereocenters. The van der Waals surface area contributed by atoms with Crippen LogP contribution in [0, 0.1) is 6.92 Å². The van der Waals surface area contributed by atoms with Crippen molar-refractivity contribution in [2.75, 3.05) is 44.1 Å². The number of anilines is 2. The van der Waals surface area contributed by atoms with Crippen LogP contribution >= 0.6 is 0 Å². The summed E-state index contributed by atoms with van der Waals surface area (Å²) in [5.41, 5.74) is 8.75. The third-order valence-electron chi connectivity index (χ3n) is 3.44. The molecule has 0 bridgehead atoms. The highest BCUT2D eigenvalue weighted by Crippen LogP contribution is 2.28. The summed E-state index contributed by atoms with van der Waals surface area (Å²) in [6.45, 7) is 10.3. The molecule has 21 heavy (non-hydrogen) atoms. The monoisotopic (exact) mass is 296 g/mol. The van der Waals surface area contributed by atoms with Crippen LogP contribution in [0.2, 0.25) is 0 Å². The second kappa shape index (κ2) is 8.22. The lowest BCUT2D eigenvalue weighted by molar-refractivity contribution is -0.226. The smallest absolute Gasteiger partial charge is 0.248 e. The van der Waals surface area contributed by atoms with Crippen molar-refractivity contribution in [3.8, 4) is 0 Å². The van der Waals surface area contributed by atoms with Crippen LogP contribution in [0.5, 0.6) is 0 Å². The quantitative estimate of drug-likeness (QED) is 0.431. The number of nitrogens with two attached hydrogens (primary N) is 1. The van der Waals surface area contributed by atoms with Gasteiger partial charge in [0.1, 0.15) is 0 Å². The summed E-state index contributed by atoms with van der Waals surface area (Å²) in [6, 6.07) is 5.95. The molecule has 0 fully saturated rings. The average molecular weight is 296 g/mol. The van der Waals surface area contributed by atoms with Crippen LogP contribution in [-0.4, -0.2) is 39.4 Å². The first-order chi connectivity index (χ1) is 9.98. The Hall–Kier alpha value is -1.30. The Bertz CT molecular complexity index is 440. The largest absolute Gasteiger partial charge is 0.399 e. The molecule has 2 N–H and O–H groups in total. The average Bonchev–Trinajstić information content (AvgIpc) is 2.44. The number of hydrogen-bond acceptors (Lipinski definition) is 5. The minimum atomic E-state index is -0.829. The van der Waals surface area contributed by atoms with Crippen molar-refractivity contribution in [3.63, 3.8) is 0 Å². The zero-order chi connectivity index (χ0) is 15.9. The highest BCUT2D eigenvalue weighted by atomic mass is 16.7. The second-order valence-corrected chi connectivity index (χ2v) is 4.96. The molecule has 1 atom stereocenters. The molecule has 0 spiro atoms. The third kappa shape index (κ3) is 4.59. The first-order valence-corrected chi connectivity index (χ1v) is 7.39. The topological polar surface area (TPSA) is 57.0 Å². The fourth-order valence-corrected chi connectivity index (χ4v) is 2.31. The maximum Gasteiger partial charge on any atom is 0.248 e. The molecule has 0 aromatic heterocycles. The van der Waals surface area contributed by atoms with Gasteiger partial charge in [-0.25, -0.2) is 0 Å². The Labute approximate surface area is 128 Å². The van der Waals surface area contributed by atoms with Crippen molar-refractivity contribution in [2.45, 2.75) is 33.6 Å². The van der Waals surface area contributed by atoms with E-state index in [1.54, 1.807) is 7.11 Å². The zero-order valence-corrected chi connectivity index (χ0v) is 13.8. The summed E-state index contributed by atoms with van der Waals surface area (Å²) >= 11 is 0. The molecule has 0 radical (unpaired) electrons. The van der Waals surface area contributed by atoms with Crippen molar-refractivity contribution in [2.24, 2.45) is 0 Å². The number of rotatable bonds is 9. The predicted molar refractivity (Wildman–Crippen MR) is 86.5 cm³/mol. The van der Waals surface area contributed by atoms with Crippen LogP contribution in [0.4, 0.5) is 11.4 Å². The first-order valence-electron chi connectivity index (χ1n) is 7.39.